The lowest BCUT2D eigenvalue weighted by Gasteiger charge is -1.99. The van der Waals surface area contributed by atoms with E-state index in [1.54, 1.807) is 13.2 Å². The molecule has 96 valence electrons. The van der Waals surface area contributed by atoms with E-state index in [-0.39, 0.29) is 5.82 Å². The van der Waals surface area contributed by atoms with Gasteiger partial charge in [0.25, 0.3) is 0 Å². The molecule has 0 atom stereocenters. The molecular weight excluding hydrogens is 275 g/mol. The van der Waals surface area contributed by atoms with Crippen LogP contribution in [0.4, 0.5) is 4.39 Å². The second-order valence-electron chi connectivity index (χ2n) is 3.65. The van der Waals surface area contributed by atoms with Crippen LogP contribution in [0.1, 0.15) is 10.6 Å². The molecule has 0 fully saturated rings. The Bertz CT molecular complexity index is 559. The smallest absolute Gasteiger partial charge is 0.125 e. The average molecular weight is 287 g/mol. The number of hydrogen-bond acceptors (Lipinski definition) is 4. The zero-order valence-corrected chi connectivity index (χ0v) is 11.3. The largest absolute Gasteiger partial charge is 0.378 e. The molecule has 0 aliphatic carbocycles. The Morgan fingerprint density at radius 3 is 2.89 bits per heavy atom. The summed E-state index contributed by atoms with van der Waals surface area (Å²) in [5, 5.41) is 1.07. The van der Waals surface area contributed by atoms with Gasteiger partial charge in [-0.3, -0.25) is 0 Å². The van der Waals surface area contributed by atoms with Crippen LogP contribution >= 0.6 is 22.9 Å². The number of thiazole rings is 1. The molecule has 0 radical (unpaired) electrons. The topological polar surface area (TPSA) is 48.1 Å². The molecule has 1 heterocycles. The van der Waals surface area contributed by atoms with E-state index in [0.717, 1.165) is 15.6 Å². The molecule has 3 nitrogen and oxygen atoms in total. The first-order chi connectivity index (χ1) is 8.65. The molecule has 1 aromatic heterocycles. The van der Waals surface area contributed by atoms with Gasteiger partial charge in [0.2, 0.25) is 0 Å². The van der Waals surface area contributed by atoms with Gasteiger partial charge in [-0.2, -0.15) is 0 Å². The van der Waals surface area contributed by atoms with Gasteiger partial charge in [0, 0.05) is 24.1 Å². The van der Waals surface area contributed by atoms with Crippen LogP contribution in [0.2, 0.25) is 5.02 Å². The van der Waals surface area contributed by atoms with E-state index in [2.05, 4.69) is 4.98 Å². The van der Waals surface area contributed by atoms with Gasteiger partial charge in [-0.1, -0.05) is 11.6 Å². The Kier molecular flexibility index (Phi) is 4.29. The summed E-state index contributed by atoms with van der Waals surface area (Å²) in [4.78, 5) is 5.39. The van der Waals surface area contributed by atoms with Crippen LogP contribution in [0.15, 0.2) is 18.2 Å². The molecule has 0 unspecified atom stereocenters. The quantitative estimate of drug-likeness (QED) is 0.939. The predicted octanol–water partition coefficient (Wildman–Crippen LogP) is 3.21. The molecule has 18 heavy (non-hydrogen) atoms. The lowest BCUT2D eigenvalue weighted by molar-refractivity contribution is 0.181. The first kappa shape index (κ1) is 13.4. The van der Waals surface area contributed by atoms with Gasteiger partial charge in [0.1, 0.15) is 10.8 Å². The number of ether oxygens (including phenoxy) is 1. The molecular formula is C12H12ClFN2OS. The van der Waals surface area contributed by atoms with Gasteiger partial charge < -0.3 is 10.5 Å². The number of methoxy groups -OCH3 is 1. The van der Waals surface area contributed by atoms with E-state index in [1.807, 2.05) is 0 Å². The predicted molar refractivity (Wildman–Crippen MR) is 71.1 cm³/mol. The van der Waals surface area contributed by atoms with Crippen LogP contribution in [0.5, 0.6) is 0 Å². The van der Waals surface area contributed by atoms with Crippen LogP contribution in [0, 0.1) is 5.82 Å². The lowest BCUT2D eigenvalue weighted by Crippen LogP contribution is -1.99. The summed E-state index contributed by atoms with van der Waals surface area (Å²) < 4.78 is 18.1. The van der Waals surface area contributed by atoms with Crippen molar-refractivity contribution in [3.63, 3.8) is 0 Å². The highest BCUT2D eigenvalue weighted by Gasteiger charge is 2.14. The number of nitrogens with two attached hydrogens (primary N) is 1. The van der Waals surface area contributed by atoms with Crippen molar-refractivity contribution in [3.05, 3.63) is 39.6 Å². The number of rotatable bonds is 4. The molecule has 1 aromatic carbocycles. The number of hydrogen-bond donors (Lipinski definition) is 1. The molecule has 0 aliphatic rings. The van der Waals surface area contributed by atoms with Gasteiger partial charge in [-0.25, -0.2) is 9.37 Å². The Morgan fingerprint density at radius 1 is 1.50 bits per heavy atom. The van der Waals surface area contributed by atoms with Crippen molar-refractivity contribution in [1.82, 2.24) is 4.98 Å². The average Bonchev–Trinajstić information content (AvgIpc) is 2.72. The summed E-state index contributed by atoms with van der Waals surface area (Å²) in [5.74, 6) is -0.364. The normalized spacial score (nSPS) is 10.9. The fourth-order valence-corrected chi connectivity index (χ4v) is 2.87. The summed E-state index contributed by atoms with van der Waals surface area (Å²) in [6.45, 7) is 0.803. The molecule has 6 heteroatoms. The standard InChI is InChI=1S/C12H12ClFN2OS/c1-17-6-10-11(5-15)18-12(16-10)8-3-2-7(14)4-9(8)13/h2-4H,5-6,15H2,1H3. The monoisotopic (exact) mass is 286 g/mol. The van der Waals surface area contributed by atoms with E-state index in [0.29, 0.717) is 23.7 Å². The molecule has 0 bridgehead atoms. The molecule has 2 N–H and O–H groups in total. The maximum atomic E-state index is 13.0. The molecule has 0 spiro atoms. The van der Waals surface area contributed by atoms with Crippen LogP contribution in [0.3, 0.4) is 0 Å². The van der Waals surface area contributed by atoms with E-state index < -0.39 is 0 Å². The first-order valence-corrected chi connectivity index (χ1v) is 6.48. The highest BCUT2D eigenvalue weighted by Crippen LogP contribution is 2.33. The third-order valence-corrected chi connectivity index (χ3v) is 3.87. The van der Waals surface area contributed by atoms with Crippen molar-refractivity contribution >= 4 is 22.9 Å². The molecule has 2 aromatic rings. The van der Waals surface area contributed by atoms with Gasteiger partial charge in [-0.15, -0.1) is 11.3 Å². The number of nitrogens with zero attached hydrogens (tertiary/aromatic N) is 1. The zero-order valence-electron chi connectivity index (χ0n) is 9.74. The number of benzene rings is 1. The molecule has 0 amide bonds. The summed E-state index contributed by atoms with van der Waals surface area (Å²) >= 11 is 7.46. The zero-order chi connectivity index (χ0) is 13.1. The van der Waals surface area contributed by atoms with Gasteiger partial charge in [-0.05, 0) is 18.2 Å². The fraction of sp³-hybridized carbons (Fsp3) is 0.250. The Morgan fingerprint density at radius 2 is 2.28 bits per heavy atom. The van der Waals surface area contributed by atoms with Gasteiger partial charge in [0.15, 0.2) is 0 Å². The minimum atomic E-state index is -0.364. The lowest BCUT2D eigenvalue weighted by atomic mass is 10.2. The van der Waals surface area contributed by atoms with E-state index in [1.165, 1.54) is 23.5 Å². The van der Waals surface area contributed by atoms with E-state index in [9.17, 15) is 4.39 Å². The summed E-state index contributed by atoms with van der Waals surface area (Å²) in [6.07, 6.45) is 0. The second kappa shape index (κ2) is 5.75. The summed E-state index contributed by atoms with van der Waals surface area (Å²) in [5.41, 5.74) is 7.17. The van der Waals surface area contributed by atoms with Crippen molar-refractivity contribution < 1.29 is 9.13 Å². The maximum absolute atomic E-state index is 13.0. The SMILES string of the molecule is COCc1nc(-c2ccc(F)cc2Cl)sc1CN. The third-order valence-electron chi connectivity index (χ3n) is 2.41. The van der Waals surface area contributed by atoms with Crippen molar-refractivity contribution in [1.29, 1.82) is 0 Å². The van der Waals surface area contributed by atoms with Gasteiger partial charge in [0.05, 0.1) is 17.3 Å². The molecule has 0 aliphatic heterocycles. The third kappa shape index (κ3) is 2.70. The Hall–Kier alpha value is -1.01. The highest BCUT2D eigenvalue weighted by molar-refractivity contribution is 7.15. The van der Waals surface area contributed by atoms with Crippen LogP contribution in [0.25, 0.3) is 10.6 Å². The van der Waals surface area contributed by atoms with Crippen molar-refractivity contribution in [2.75, 3.05) is 7.11 Å². The maximum Gasteiger partial charge on any atom is 0.125 e. The Balaban J connectivity index is 2.44. The number of halogens is 2. The van der Waals surface area contributed by atoms with Crippen molar-refractivity contribution in [2.45, 2.75) is 13.2 Å². The van der Waals surface area contributed by atoms with Crippen LogP contribution in [-0.4, -0.2) is 12.1 Å². The summed E-state index contributed by atoms with van der Waals surface area (Å²) in [6, 6.07) is 4.25. The van der Waals surface area contributed by atoms with E-state index >= 15 is 0 Å². The summed E-state index contributed by atoms with van der Waals surface area (Å²) in [7, 11) is 1.60. The highest BCUT2D eigenvalue weighted by atomic mass is 35.5. The Labute approximate surface area is 113 Å². The van der Waals surface area contributed by atoms with Crippen molar-refractivity contribution in [3.8, 4) is 10.6 Å². The molecule has 0 saturated heterocycles. The second-order valence-corrected chi connectivity index (χ2v) is 5.14. The fourth-order valence-electron chi connectivity index (χ4n) is 1.57. The minimum Gasteiger partial charge on any atom is -0.378 e. The molecule has 2 rings (SSSR count). The van der Waals surface area contributed by atoms with Crippen LogP contribution in [-0.2, 0) is 17.9 Å². The first-order valence-electron chi connectivity index (χ1n) is 5.28. The number of aromatic nitrogens is 1. The van der Waals surface area contributed by atoms with Gasteiger partial charge >= 0.3 is 0 Å². The molecule has 0 saturated carbocycles. The van der Waals surface area contributed by atoms with Crippen molar-refractivity contribution in [2.24, 2.45) is 5.73 Å². The minimum absolute atomic E-state index is 0.344. The van der Waals surface area contributed by atoms with Crippen LogP contribution < -0.4 is 5.73 Å². The van der Waals surface area contributed by atoms with E-state index in [4.69, 9.17) is 22.1 Å².